The van der Waals surface area contributed by atoms with Gasteiger partial charge in [0.15, 0.2) is 0 Å². The summed E-state index contributed by atoms with van der Waals surface area (Å²) >= 11 is 0. The predicted molar refractivity (Wildman–Crippen MR) is 83.7 cm³/mol. The number of hydrogen-bond donors (Lipinski definition) is 0. The van der Waals surface area contributed by atoms with Crippen molar-refractivity contribution in [2.24, 2.45) is 0 Å². The van der Waals surface area contributed by atoms with Crippen LogP contribution in [0.2, 0.25) is 0 Å². The summed E-state index contributed by atoms with van der Waals surface area (Å²) in [6.45, 7) is 8.39. The molecule has 0 radical (unpaired) electrons. The number of allylic oxidation sites excluding steroid dienone is 3. The summed E-state index contributed by atoms with van der Waals surface area (Å²) in [5, 5.41) is 0. The van der Waals surface area contributed by atoms with Gasteiger partial charge < -0.3 is 4.74 Å². The molecule has 0 aromatic heterocycles. The van der Waals surface area contributed by atoms with Crippen molar-refractivity contribution < 1.29 is 4.74 Å². The quantitative estimate of drug-likeness (QED) is 0.475. The molecule has 1 heteroatoms. The van der Waals surface area contributed by atoms with Crippen molar-refractivity contribution in [3.8, 4) is 5.75 Å². The Hall–Kier alpha value is -1.50. The fraction of sp³-hybridized carbons (Fsp3) is 0.444. The van der Waals surface area contributed by atoms with Crippen LogP contribution in [0.4, 0.5) is 0 Å². The van der Waals surface area contributed by atoms with Gasteiger partial charge in [0.1, 0.15) is 11.4 Å². The summed E-state index contributed by atoms with van der Waals surface area (Å²) in [5.74, 6) is 0.931. The molecule has 0 atom stereocenters. The van der Waals surface area contributed by atoms with Crippen LogP contribution in [0.3, 0.4) is 0 Å². The number of rotatable bonds is 7. The second kappa shape index (κ2) is 7.83. The lowest BCUT2D eigenvalue weighted by molar-refractivity contribution is 0.161. The molecule has 0 unspecified atom stereocenters. The van der Waals surface area contributed by atoms with Gasteiger partial charge in [-0.25, -0.2) is 0 Å². The van der Waals surface area contributed by atoms with Crippen LogP contribution in [0.15, 0.2) is 48.6 Å². The van der Waals surface area contributed by atoms with Crippen LogP contribution in [0.5, 0.6) is 5.75 Å². The molecular formula is C18H26O. The maximum atomic E-state index is 6.00. The minimum absolute atomic E-state index is 0.260. The fourth-order valence-electron chi connectivity index (χ4n) is 1.86. The minimum Gasteiger partial charge on any atom is -0.484 e. The molecule has 0 aliphatic rings. The fourth-order valence-corrected chi connectivity index (χ4v) is 1.86. The average molecular weight is 258 g/mol. The van der Waals surface area contributed by atoms with E-state index in [1.165, 1.54) is 5.56 Å². The van der Waals surface area contributed by atoms with Crippen molar-refractivity contribution in [2.75, 3.05) is 0 Å². The summed E-state index contributed by atoms with van der Waals surface area (Å²) in [5.41, 5.74) is 1.08. The Morgan fingerprint density at radius 3 is 2.26 bits per heavy atom. The first kappa shape index (κ1) is 15.6. The van der Waals surface area contributed by atoms with E-state index in [2.05, 4.69) is 64.1 Å². The minimum atomic E-state index is -0.260. The Morgan fingerprint density at radius 1 is 1.05 bits per heavy atom. The van der Waals surface area contributed by atoms with Crippen LogP contribution < -0.4 is 4.74 Å². The largest absolute Gasteiger partial charge is 0.484 e. The Bertz CT molecular complexity index is 410. The number of benzene rings is 1. The first-order valence-electron chi connectivity index (χ1n) is 7.14. The molecule has 0 bridgehead atoms. The van der Waals surface area contributed by atoms with E-state index in [9.17, 15) is 0 Å². The number of ether oxygens (including phenoxy) is 1. The van der Waals surface area contributed by atoms with Crippen molar-refractivity contribution in [3.63, 3.8) is 0 Å². The van der Waals surface area contributed by atoms with Crippen LogP contribution in [-0.4, -0.2) is 5.60 Å². The topological polar surface area (TPSA) is 9.23 Å². The molecule has 0 amide bonds. The number of hydrogen-bond acceptors (Lipinski definition) is 1. The van der Waals surface area contributed by atoms with E-state index < -0.39 is 0 Å². The first-order valence-corrected chi connectivity index (χ1v) is 7.14. The summed E-state index contributed by atoms with van der Waals surface area (Å²) in [6, 6.07) is 8.35. The monoisotopic (exact) mass is 258 g/mol. The van der Waals surface area contributed by atoms with Crippen LogP contribution >= 0.6 is 0 Å². The lowest BCUT2D eigenvalue weighted by atomic mass is 10.1. The van der Waals surface area contributed by atoms with E-state index in [0.717, 1.165) is 25.0 Å². The van der Waals surface area contributed by atoms with Crippen molar-refractivity contribution in [2.45, 2.75) is 52.6 Å². The zero-order valence-electron chi connectivity index (χ0n) is 12.6. The molecular weight excluding hydrogens is 232 g/mol. The Balaban J connectivity index is 2.52. The van der Waals surface area contributed by atoms with Gasteiger partial charge in [-0.2, -0.15) is 0 Å². The van der Waals surface area contributed by atoms with Crippen LogP contribution in [0.25, 0.3) is 0 Å². The van der Waals surface area contributed by atoms with E-state index >= 15 is 0 Å². The molecule has 0 saturated carbocycles. The second-order valence-corrected chi connectivity index (χ2v) is 5.25. The van der Waals surface area contributed by atoms with Gasteiger partial charge in [0, 0.05) is 0 Å². The maximum absolute atomic E-state index is 6.00. The molecule has 0 aliphatic heterocycles. The third-order valence-electron chi connectivity index (χ3n) is 2.97. The van der Waals surface area contributed by atoms with E-state index in [4.69, 9.17) is 4.74 Å². The molecule has 104 valence electrons. The summed E-state index contributed by atoms with van der Waals surface area (Å²) in [7, 11) is 0. The Morgan fingerprint density at radius 2 is 1.68 bits per heavy atom. The lowest BCUT2D eigenvalue weighted by Crippen LogP contribution is -2.25. The molecule has 0 spiro atoms. The van der Waals surface area contributed by atoms with E-state index in [1.807, 2.05) is 12.1 Å². The summed E-state index contributed by atoms with van der Waals surface area (Å²) < 4.78 is 6.00. The molecule has 1 rings (SSSR count). The predicted octanol–water partition coefficient (Wildman–Crippen LogP) is 5.32. The van der Waals surface area contributed by atoms with Gasteiger partial charge in [-0.05, 0) is 63.8 Å². The van der Waals surface area contributed by atoms with Gasteiger partial charge in [-0.1, -0.05) is 37.3 Å². The number of aryl methyl sites for hydroxylation is 1. The molecule has 0 N–H and O–H groups in total. The van der Waals surface area contributed by atoms with Crippen molar-refractivity contribution >= 4 is 0 Å². The molecule has 0 fully saturated rings. The highest BCUT2D eigenvalue weighted by molar-refractivity contribution is 5.28. The standard InChI is InChI=1S/C18H26O/c1-5-7-8-9-10-15-18(3,4)19-17-13-11-16(6-2)12-14-17/h5,7,10-15H,6,8-9H2,1-4H3/b7-5+,15-10+. The summed E-state index contributed by atoms with van der Waals surface area (Å²) in [6.07, 6.45) is 11.8. The van der Waals surface area contributed by atoms with E-state index in [-0.39, 0.29) is 5.60 Å². The molecule has 1 aromatic carbocycles. The van der Waals surface area contributed by atoms with E-state index in [1.54, 1.807) is 0 Å². The molecule has 0 heterocycles. The van der Waals surface area contributed by atoms with Gasteiger partial charge in [0.25, 0.3) is 0 Å². The third-order valence-corrected chi connectivity index (χ3v) is 2.97. The Kier molecular flexibility index (Phi) is 6.41. The highest BCUT2D eigenvalue weighted by Crippen LogP contribution is 2.20. The lowest BCUT2D eigenvalue weighted by Gasteiger charge is -2.23. The molecule has 1 nitrogen and oxygen atoms in total. The molecule has 0 saturated heterocycles. The highest BCUT2D eigenvalue weighted by Gasteiger charge is 2.15. The maximum Gasteiger partial charge on any atom is 0.122 e. The van der Waals surface area contributed by atoms with Crippen LogP contribution in [0.1, 0.15) is 46.1 Å². The second-order valence-electron chi connectivity index (χ2n) is 5.25. The zero-order valence-corrected chi connectivity index (χ0v) is 12.6. The van der Waals surface area contributed by atoms with Gasteiger partial charge in [-0.3, -0.25) is 0 Å². The van der Waals surface area contributed by atoms with Crippen LogP contribution in [-0.2, 0) is 6.42 Å². The molecule has 1 aromatic rings. The van der Waals surface area contributed by atoms with Gasteiger partial charge in [0.2, 0.25) is 0 Å². The summed E-state index contributed by atoms with van der Waals surface area (Å²) in [4.78, 5) is 0. The number of unbranched alkanes of at least 4 members (excludes halogenated alkanes) is 1. The Labute approximate surface area is 118 Å². The SMILES string of the molecule is C/C=C/CC/C=C/C(C)(C)Oc1ccc(CC)cc1. The van der Waals surface area contributed by atoms with Gasteiger partial charge in [-0.15, -0.1) is 0 Å². The first-order chi connectivity index (χ1) is 9.07. The zero-order chi connectivity index (χ0) is 14.1. The van der Waals surface area contributed by atoms with E-state index in [0.29, 0.717) is 0 Å². The van der Waals surface area contributed by atoms with Gasteiger partial charge >= 0.3 is 0 Å². The van der Waals surface area contributed by atoms with Crippen molar-refractivity contribution in [1.82, 2.24) is 0 Å². The van der Waals surface area contributed by atoms with Gasteiger partial charge in [0.05, 0.1) is 0 Å². The smallest absolute Gasteiger partial charge is 0.122 e. The highest BCUT2D eigenvalue weighted by atomic mass is 16.5. The molecule has 0 aliphatic carbocycles. The molecule has 19 heavy (non-hydrogen) atoms. The average Bonchev–Trinajstić information content (AvgIpc) is 2.39. The van der Waals surface area contributed by atoms with Crippen LogP contribution in [0, 0.1) is 0 Å². The third kappa shape index (κ3) is 6.28. The normalized spacial score (nSPS) is 12.4. The van der Waals surface area contributed by atoms with Crippen molar-refractivity contribution in [3.05, 3.63) is 54.1 Å². The van der Waals surface area contributed by atoms with Crippen molar-refractivity contribution in [1.29, 1.82) is 0 Å².